The molecule has 0 bridgehead atoms. The highest BCUT2D eigenvalue weighted by Gasteiger charge is 2.10. The van der Waals surface area contributed by atoms with Crippen LogP contribution in [0.4, 0.5) is 15.8 Å². The summed E-state index contributed by atoms with van der Waals surface area (Å²) in [6.07, 6.45) is 0. The second-order valence-electron chi connectivity index (χ2n) is 4.18. The van der Waals surface area contributed by atoms with Gasteiger partial charge in [-0.2, -0.15) is 0 Å². The molecule has 0 fully saturated rings. The SMILES string of the molecule is NC(=O)c1ccc(Nc2ccc(C(=O)O)cc2F)cc1Cl. The summed E-state index contributed by atoms with van der Waals surface area (Å²) in [5.74, 6) is -2.59. The highest BCUT2D eigenvalue weighted by atomic mass is 35.5. The lowest BCUT2D eigenvalue weighted by atomic mass is 10.1. The first-order valence-electron chi connectivity index (χ1n) is 5.77. The number of benzene rings is 2. The number of carboxylic acid groups (broad SMARTS) is 1. The molecule has 1 amide bonds. The number of nitrogens with two attached hydrogens (primary N) is 1. The summed E-state index contributed by atoms with van der Waals surface area (Å²) in [6, 6.07) is 7.82. The zero-order valence-electron chi connectivity index (χ0n) is 10.6. The van der Waals surface area contributed by atoms with Crippen LogP contribution in [0.2, 0.25) is 5.02 Å². The molecule has 2 rings (SSSR count). The molecule has 4 N–H and O–H groups in total. The number of hydrogen-bond acceptors (Lipinski definition) is 3. The van der Waals surface area contributed by atoms with Gasteiger partial charge in [0.2, 0.25) is 5.91 Å². The van der Waals surface area contributed by atoms with E-state index < -0.39 is 17.7 Å². The number of aromatic carboxylic acids is 1. The average molecular weight is 309 g/mol. The first-order valence-corrected chi connectivity index (χ1v) is 6.15. The van der Waals surface area contributed by atoms with Crippen LogP contribution in [0.25, 0.3) is 0 Å². The summed E-state index contributed by atoms with van der Waals surface area (Å²) in [4.78, 5) is 21.8. The van der Waals surface area contributed by atoms with Crippen LogP contribution in [-0.2, 0) is 0 Å². The minimum Gasteiger partial charge on any atom is -0.478 e. The smallest absolute Gasteiger partial charge is 0.335 e. The minimum absolute atomic E-state index is 0.0860. The maximum atomic E-state index is 13.8. The van der Waals surface area contributed by atoms with Gasteiger partial charge in [-0.15, -0.1) is 0 Å². The predicted molar refractivity (Wildman–Crippen MR) is 76.6 cm³/mol. The molecule has 0 saturated heterocycles. The Morgan fingerprint density at radius 1 is 1.19 bits per heavy atom. The van der Waals surface area contributed by atoms with E-state index in [-0.39, 0.29) is 21.8 Å². The van der Waals surface area contributed by atoms with Crippen LogP contribution in [0.3, 0.4) is 0 Å². The number of anilines is 2. The first kappa shape index (κ1) is 14.8. The average Bonchev–Trinajstić information content (AvgIpc) is 2.40. The van der Waals surface area contributed by atoms with Gasteiger partial charge in [0, 0.05) is 5.69 Å². The quantitative estimate of drug-likeness (QED) is 0.809. The van der Waals surface area contributed by atoms with Crippen LogP contribution in [0, 0.1) is 5.82 Å². The van der Waals surface area contributed by atoms with Crippen molar-refractivity contribution in [2.45, 2.75) is 0 Å². The van der Waals surface area contributed by atoms with E-state index in [1.54, 1.807) is 0 Å². The normalized spacial score (nSPS) is 10.2. The second-order valence-corrected chi connectivity index (χ2v) is 4.59. The van der Waals surface area contributed by atoms with Crippen LogP contribution >= 0.6 is 11.6 Å². The van der Waals surface area contributed by atoms with Crippen LogP contribution < -0.4 is 11.1 Å². The van der Waals surface area contributed by atoms with E-state index in [1.165, 1.54) is 30.3 Å². The lowest BCUT2D eigenvalue weighted by Gasteiger charge is -2.09. The lowest BCUT2D eigenvalue weighted by Crippen LogP contribution is -2.11. The molecular formula is C14H10ClFN2O3. The van der Waals surface area contributed by atoms with Gasteiger partial charge in [-0.05, 0) is 36.4 Å². The molecule has 2 aromatic carbocycles. The van der Waals surface area contributed by atoms with Crippen molar-refractivity contribution in [2.24, 2.45) is 5.73 Å². The van der Waals surface area contributed by atoms with E-state index in [1.807, 2.05) is 0 Å². The fraction of sp³-hybridized carbons (Fsp3) is 0. The number of hydrogen-bond donors (Lipinski definition) is 3. The molecule has 2 aromatic rings. The standard InChI is InChI=1S/C14H10ClFN2O3/c15-10-6-8(2-3-9(10)13(17)19)18-12-4-1-7(14(20)21)5-11(12)16/h1-6,18H,(H2,17,19)(H,20,21). The third-order valence-corrected chi connectivity index (χ3v) is 3.04. The first-order chi connectivity index (χ1) is 9.88. The Morgan fingerprint density at radius 2 is 1.90 bits per heavy atom. The third kappa shape index (κ3) is 3.29. The Morgan fingerprint density at radius 3 is 2.43 bits per heavy atom. The fourth-order valence-corrected chi connectivity index (χ4v) is 1.97. The van der Waals surface area contributed by atoms with Crippen molar-refractivity contribution >= 4 is 34.9 Å². The van der Waals surface area contributed by atoms with Crippen molar-refractivity contribution in [1.82, 2.24) is 0 Å². The van der Waals surface area contributed by atoms with Gasteiger partial charge in [0.1, 0.15) is 5.82 Å². The van der Waals surface area contributed by atoms with Gasteiger partial charge in [-0.3, -0.25) is 4.79 Å². The van der Waals surface area contributed by atoms with Gasteiger partial charge in [0.25, 0.3) is 0 Å². The van der Waals surface area contributed by atoms with Gasteiger partial charge in [-0.1, -0.05) is 11.6 Å². The van der Waals surface area contributed by atoms with Crippen molar-refractivity contribution in [3.63, 3.8) is 0 Å². The zero-order chi connectivity index (χ0) is 15.6. The second kappa shape index (κ2) is 5.80. The Labute approximate surface area is 124 Å². The van der Waals surface area contributed by atoms with E-state index in [0.29, 0.717) is 5.69 Å². The Balaban J connectivity index is 2.28. The van der Waals surface area contributed by atoms with Crippen molar-refractivity contribution < 1.29 is 19.1 Å². The number of amides is 1. The lowest BCUT2D eigenvalue weighted by molar-refractivity contribution is 0.0696. The number of carbonyl (C=O) groups is 2. The van der Waals surface area contributed by atoms with E-state index >= 15 is 0 Å². The Bertz CT molecular complexity index is 734. The monoisotopic (exact) mass is 308 g/mol. The number of rotatable bonds is 4. The molecule has 7 heteroatoms. The molecule has 0 radical (unpaired) electrons. The summed E-state index contributed by atoms with van der Waals surface area (Å²) in [5.41, 5.74) is 5.65. The molecule has 0 aromatic heterocycles. The van der Waals surface area contributed by atoms with Crippen LogP contribution in [0.15, 0.2) is 36.4 Å². The van der Waals surface area contributed by atoms with Crippen molar-refractivity contribution in [3.05, 3.63) is 58.4 Å². The molecular weight excluding hydrogens is 299 g/mol. The van der Waals surface area contributed by atoms with Gasteiger partial charge < -0.3 is 16.2 Å². The van der Waals surface area contributed by atoms with Crippen molar-refractivity contribution in [2.75, 3.05) is 5.32 Å². The van der Waals surface area contributed by atoms with Crippen LogP contribution in [0.5, 0.6) is 0 Å². The number of carboxylic acids is 1. The maximum absolute atomic E-state index is 13.8. The molecule has 5 nitrogen and oxygen atoms in total. The van der Waals surface area contributed by atoms with Crippen molar-refractivity contribution in [3.8, 4) is 0 Å². The van der Waals surface area contributed by atoms with Gasteiger partial charge in [0.15, 0.2) is 0 Å². The molecule has 0 atom stereocenters. The molecule has 0 aliphatic carbocycles. The highest BCUT2D eigenvalue weighted by Crippen LogP contribution is 2.25. The molecule has 0 aliphatic rings. The zero-order valence-corrected chi connectivity index (χ0v) is 11.3. The topological polar surface area (TPSA) is 92.4 Å². The molecule has 0 heterocycles. The summed E-state index contributed by atoms with van der Waals surface area (Å²) < 4.78 is 13.8. The summed E-state index contributed by atoms with van der Waals surface area (Å²) in [6.45, 7) is 0. The van der Waals surface area contributed by atoms with Gasteiger partial charge in [-0.25, -0.2) is 9.18 Å². The third-order valence-electron chi connectivity index (χ3n) is 2.73. The van der Waals surface area contributed by atoms with Gasteiger partial charge in [0.05, 0.1) is 21.8 Å². The van der Waals surface area contributed by atoms with Gasteiger partial charge >= 0.3 is 5.97 Å². The number of primary amides is 1. The van der Waals surface area contributed by atoms with E-state index in [0.717, 1.165) is 6.07 Å². The van der Waals surface area contributed by atoms with Crippen LogP contribution in [0.1, 0.15) is 20.7 Å². The fourth-order valence-electron chi connectivity index (χ4n) is 1.70. The number of nitrogens with one attached hydrogen (secondary N) is 1. The predicted octanol–water partition coefficient (Wildman–Crippen LogP) is 3.02. The summed E-state index contributed by atoms with van der Waals surface area (Å²) in [5, 5.41) is 11.6. The molecule has 21 heavy (non-hydrogen) atoms. The molecule has 0 spiro atoms. The van der Waals surface area contributed by atoms with E-state index in [4.69, 9.17) is 22.4 Å². The number of carbonyl (C=O) groups excluding carboxylic acids is 1. The van der Waals surface area contributed by atoms with Crippen molar-refractivity contribution in [1.29, 1.82) is 0 Å². The van der Waals surface area contributed by atoms with E-state index in [2.05, 4.69) is 5.32 Å². The Hall–Kier alpha value is -2.60. The molecule has 0 saturated carbocycles. The van der Waals surface area contributed by atoms with E-state index in [9.17, 15) is 14.0 Å². The Kier molecular flexibility index (Phi) is 4.09. The number of halogens is 2. The molecule has 0 aliphatic heterocycles. The summed E-state index contributed by atoms with van der Waals surface area (Å²) >= 11 is 5.88. The molecule has 0 unspecified atom stereocenters. The summed E-state index contributed by atoms with van der Waals surface area (Å²) in [7, 11) is 0. The largest absolute Gasteiger partial charge is 0.478 e. The molecule has 108 valence electrons. The maximum Gasteiger partial charge on any atom is 0.335 e. The van der Waals surface area contributed by atoms with Crippen LogP contribution in [-0.4, -0.2) is 17.0 Å². The highest BCUT2D eigenvalue weighted by molar-refractivity contribution is 6.34. The minimum atomic E-state index is -1.21.